The third kappa shape index (κ3) is 1.66. The molecular weight excluding hydrogens is 176 g/mol. The number of aryl methyl sites for hydroxylation is 2. The Labute approximate surface area is 84.7 Å². The molecule has 1 saturated heterocycles. The van der Waals surface area contributed by atoms with Crippen molar-refractivity contribution >= 4 is 0 Å². The van der Waals surface area contributed by atoms with Crippen LogP contribution in [0.1, 0.15) is 31.0 Å². The van der Waals surface area contributed by atoms with Crippen LogP contribution in [0, 0.1) is 19.8 Å². The van der Waals surface area contributed by atoms with E-state index < -0.39 is 0 Å². The molecule has 0 saturated carbocycles. The van der Waals surface area contributed by atoms with Gasteiger partial charge in [-0.25, -0.2) is 9.67 Å². The van der Waals surface area contributed by atoms with Crippen molar-refractivity contribution in [1.29, 1.82) is 0 Å². The highest BCUT2D eigenvalue weighted by Gasteiger charge is 2.24. The number of aromatic nitrogens is 3. The number of rotatable bonds is 1. The molecule has 0 radical (unpaired) electrons. The fourth-order valence-corrected chi connectivity index (χ4v) is 2.15. The molecule has 1 aromatic heterocycles. The van der Waals surface area contributed by atoms with Gasteiger partial charge >= 0.3 is 0 Å². The van der Waals surface area contributed by atoms with Crippen LogP contribution in [0.2, 0.25) is 0 Å². The SMILES string of the molecule is Cc1nc(C)n(C2CNCCC2C)n1. The number of nitrogens with one attached hydrogen (secondary N) is 1. The molecule has 0 amide bonds. The first-order valence-electron chi connectivity index (χ1n) is 5.29. The summed E-state index contributed by atoms with van der Waals surface area (Å²) in [6.45, 7) is 8.42. The molecule has 1 aliphatic heterocycles. The zero-order valence-corrected chi connectivity index (χ0v) is 9.12. The van der Waals surface area contributed by atoms with E-state index in [-0.39, 0.29) is 0 Å². The molecule has 4 nitrogen and oxygen atoms in total. The van der Waals surface area contributed by atoms with Crippen LogP contribution in [0.5, 0.6) is 0 Å². The minimum atomic E-state index is 0.477. The maximum atomic E-state index is 4.45. The second-order valence-electron chi connectivity index (χ2n) is 4.19. The number of hydrogen-bond donors (Lipinski definition) is 1. The standard InChI is InChI=1S/C10H18N4/c1-7-4-5-11-6-10(7)14-9(3)12-8(2)13-14/h7,10-11H,4-6H2,1-3H3. The minimum absolute atomic E-state index is 0.477. The maximum Gasteiger partial charge on any atom is 0.147 e. The van der Waals surface area contributed by atoms with Gasteiger partial charge in [0.05, 0.1) is 6.04 Å². The predicted molar refractivity (Wildman–Crippen MR) is 55.2 cm³/mol. The van der Waals surface area contributed by atoms with Gasteiger partial charge in [0.1, 0.15) is 11.6 Å². The summed E-state index contributed by atoms with van der Waals surface area (Å²) in [5.41, 5.74) is 0. The molecular formula is C10H18N4. The molecule has 4 heteroatoms. The van der Waals surface area contributed by atoms with E-state index in [4.69, 9.17) is 0 Å². The predicted octanol–water partition coefficient (Wildman–Crippen LogP) is 1.07. The Morgan fingerprint density at radius 3 is 2.79 bits per heavy atom. The Kier molecular flexibility index (Phi) is 2.54. The van der Waals surface area contributed by atoms with E-state index in [9.17, 15) is 0 Å². The van der Waals surface area contributed by atoms with Crippen molar-refractivity contribution in [2.75, 3.05) is 13.1 Å². The van der Waals surface area contributed by atoms with Gasteiger partial charge in [-0.1, -0.05) is 6.92 Å². The number of piperidine rings is 1. The Balaban J connectivity index is 2.24. The van der Waals surface area contributed by atoms with Crippen LogP contribution in [-0.2, 0) is 0 Å². The summed E-state index contributed by atoms with van der Waals surface area (Å²) in [7, 11) is 0. The lowest BCUT2D eigenvalue weighted by Crippen LogP contribution is -2.37. The molecule has 2 atom stereocenters. The second kappa shape index (κ2) is 3.69. The molecule has 78 valence electrons. The van der Waals surface area contributed by atoms with Gasteiger partial charge in [-0.15, -0.1) is 0 Å². The molecule has 1 aromatic rings. The molecule has 14 heavy (non-hydrogen) atoms. The fourth-order valence-electron chi connectivity index (χ4n) is 2.15. The van der Waals surface area contributed by atoms with Gasteiger partial charge in [-0.2, -0.15) is 5.10 Å². The van der Waals surface area contributed by atoms with Crippen LogP contribution in [0.15, 0.2) is 0 Å². The monoisotopic (exact) mass is 194 g/mol. The normalized spacial score (nSPS) is 27.9. The zero-order chi connectivity index (χ0) is 10.1. The van der Waals surface area contributed by atoms with Crippen molar-refractivity contribution in [3.63, 3.8) is 0 Å². The van der Waals surface area contributed by atoms with Crippen molar-refractivity contribution < 1.29 is 0 Å². The lowest BCUT2D eigenvalue weighted by Gasteiger charge is -2.30. The Morgan fingerprint density at radius 1 is 1.43 bits per heavy atom. The second-order valence-corrected chi connectivity index (χ2v) is 4.19. The molecule has 0 bridgehead atoms. The quantitative estimate of drug-likeness (QED) is 0.727. The first-order valence-corrected chi connectivity index (χ1v) is 5.29. The summed E-state index contributed by atoms with van der Waals surface area (Å²) in [5, 5.41) is 7.86. The molecule has 0 aromatic carbocycles. The van der Waals surface area contributed by atoms with E-state index >= 15 is 0 Å². The van der Waals surface area contributed by atoms with E-state index in [1.165, 1.54) is 6.42 Å². The molecule has 1 fully saturated rings. The highest BCUT2D eigenvalue weighted by Crippen LogP contribution is 2.23. The summed E-state index contributed by atoms with van der Waals surface area (Å²) < 4.78 is 2.08. The summed E-state index contributed by atoms with van der Waals surface area (Å²) in [4.78, 5) is 4.34. The Morgan fingerprint density at radius 2 is 2.21 bits per heavy atom. The van der Waals surface area contributed by atoms with E-state index in [0.717, 1.165) is 24.7 Å². The van der Waals surface area contributed by atoms with Gasteiger partial charge in [0.2, 0.25) is 0 Å². The van der Waals surface area contributed by atoms with Crippen LogP contribution >= 0.6 is 0 Å². The maximum absolute atomic E-state index is 4.45. The fraction of sp³-hybridized carbons (Fsp3) is 0.800. The van der Waals surface area contributed by atoms with Crippen molar-refractivity contribution in [3.05, 3.63) is 11.6 Å². The third-order valence-electron chi connectivity index (χ3n) is 3.01. The van der Waals surface area contributed by atoms with Gasteiger partial charge < -0.3 is 5.32 Å². The topological polar surface area (TPSA) is 42.7 Å². The van der Waals surface area contributed by atoms with Crippen molar-refractivity contribution in [2.45, 2.75) is 33.2 Å². The molecule has 2 unspecified atom stereocenters. The highest BCUT2D eigenvalue weighted by atomic mass is 15.4. The molecule has 1 aliphatic rings. The van der Waals surface area contributed by atoms with E-state index in [2.05, 4.69) is 27.0 Å². The van der Waals surface area contributed by atoms with E-state index in [0.29, 0.717) is 12.0 Å². The van der Waals surface area contributed by atoms with Gasteiger partial charge in [-0.3, -0.25) is 0 Å². The first-order chi connectivity index (χ1) is 6.68. The van der Waals surface area contributed by atoms with E-state index in [1.807, 2.05) is 13.8 Å². The minimum Gasteiger partial charge on any atom is -0.315 e. The van der Waals surface area contributed by atoms with Gasteiger partial charge in [0, 0.05) is 6.54 Å². The van der Waals surface area contributed by atoms with Crippen LogP contribution < -0.4 is 5.32 Å². The van der Waals surface area contributed by atoms with Gasteiger partial charge in [0.25, 0.3) is 0 Å². The Hall–Kier alpha value is -0.900. The van der Waals surface area contributed by atoms with Gasteiger partial charge in [-0.05, 0) is 32.7 Å². The number of hydrogen-bond acceptors (Lipinski definition) is 3. The average molecular weight is 194 g/mol. The summed E-state index contributed by atoms with van der Waals surface area (Å²) in [6.07, 6.45) is 1.23. The number of nitrogens with zero attached hydrogens (tertiary/aromatic N) is 3. The third-order valence-corrected chi connectivity index (χ3v) is 3.01. The summed E-state index contributed by atoms with van der Waals surface area (Å²) in [5.74, 6) is 2.60. The molecule has 0 spiro atoms. The smallest absolute Gasteiger partial charge is 0.147 e. The summed E-state index contributed by atoms with van der Waals surface area (Å²) >= 11 is 0. The van der Waals surface area contributed by atoms with Gasteiger partial charge in [0.15, 0.2) is 0 Å². The Bertz CT molecular complexity index is 318. The van der Waals surface area contributed by atoms with Crippen molar-refractivity contribution in [2.24, 2.45) is 5.92 Å². The largest absolute Gasteiger partial charge is 0.315 e. The zero-order valence-electron chi connectivity index (χ0n) is 9.12. The molecule has 0 aliphatic carbocycles. The van der Waals surface area contributed by atoms with Crippen molar-refractivity contribution in [3.8, 4) is 0 Å². The highest BCUT2D eigenvalue weighted by molar-refractivity contribution is 4.93. The van der Waals surface area contributed by atoms with Crippen LogP contribution in [0.4, 0.5) is 0 Å². The molecule has 2 rings (SSSR count). The van der Waals surface area contributed by atoms with Crippen molar-refractivity contribution in [1.82, 2.24) is 20.1 Å². The lowest BCUT2D eigenvalue weighted by molar-refractivity contribution is 0.252. The van der Waals surface area contributed by atoms with Crippen LogP contribution in [0.3, 0.4) is 0 Å². The van der Waals surface area contributed by atoms with Crippen LogP contribution in [-0.4, -0.2) is 27.9 Å². The van der Waals surface area contributed by atoms with Crippen LogP contribution in [0.25, 0.3) is 0 Å². The molecule has 2 heterocycles. The lowest BCUT2D eigenvalue weighted by atomic mass is 9.95. The first kappa shape index (κ1) is 9.65. The summed E-state index contributed by atoms with van der Waals surface area (Å²) in [6, 6.07) is 0.477. The average Bonchev–Trinajstić information content (AvgIpc) is 2.46. The van der Waals surface area contributed by atoms with E-state index in [1.54, 1.807) is 0 Å². The molecule has 1 N–H and O–H groups in total.